The minimum Gasteiger partial charge on any atom is -0.493 e. The summed E-state index contributed by atoms with van der Waals surface area (Å²) in [5, 5.41) is 2.51. The molecule has 12 rings (SSSR count). The van der Waals surface area contributed by atoms with Crippen molar-refractivity contribution in [2.24, 2.45) is 0 Å². The number of ether oxygens (including phenoxy) is 1. The summed E-state index contributed by atoms with van der Waals surface area (Å²) in [6, 6.07) is 48.9. The van der Waals surface area contributed by atoms with Crippen LogP contribution in [0.5, 0.6) is 5.75 Å². The Balaban J connectivity index is 1.17. The van der Waals surface area contributed by atoms with Gasteiger partial charge in [-0.2, -0.15) is 0 Å². The molecule has 0 amide bonds. The van der Waals surface area contributed by atoms with Crippen molar-refractivity contribution in [1.29, 1.82) is 0 Å². The molecule has 4 heteroatoms. The monoisotopic (exact) mass is 836 g/mol. The second kappa shape index (κ2) is 13.4. The Hall–Kier alpha value is -5.74. The lowest BCUT2D eigenvalue weighted by atomic mass is 9.42. The summed E-state index contributed by atoms with van der Waals surface area (Å²) in [4.78, 5) is 5.43. The molecule has 3 aliphatic heterocycles. The van der Waals surface area contributed by atoms with Crippen molar-refractivity contribution in [3.05, 3.63) is 166 Å². The molecule has 7 aromatic carbocycles. The molecule has 7 aromatic rings. The van der Waals surface area contributed by atoms with E-state index in [4.69, 9.17) is 4.74 Å². The van der Waals surface area contributed by atoms with E-state index in [0.29, 0.717) is 0 Å². The molecule has 0 bridgehead atoms. The van der Waals surface area contributed by atoms with Gasteiger partial charge >= 0.3 is 6.85 Å². The van der Waals surface area contributed by atoms with Gasteiger partial charge in [-0.05, 0) is 176 Å². The summed E-state index contributed by atoms with van der Waals surface area (Å²) in [6.45, 7) is 24.2. The van der Waals surface area contributed by atoms with Crippen LogP contribution in [0.1, 0.15) is 126 Å². The zero-order valence-corrected chi connectivity index (χ0v) is 39.5. The second-order valence-corrected chi connectivity index (χ2v) is 22.7. The molecule has 2 atom stereocenters. The SMILES string of the molecule is Cc1cc2c3c(c1)N(c1cc4c(cc1C)C(C)(C)CCC4(C)C)C1c4cc5c(cc4OC1B3N(c1ccc(-c3ccccc3)cc1)c1cc3ccccc3cc1-2)C(C)(C)CCC5(C)C. The Kier molecular flexibility index (Phi) is 8.35. The van der Waals surface area contributed by atoms with E-state index in [-0.39, 0.29) is 40.6 Å². The molecule has 0 saturated heterocycles. The predicted molar refractivity (Wildman–Crippen MR) is 271 cm³/mol. The number of fused-ring (bicyclic) bond motifs is 9. The molecule has 0 spiro atoms. The van der Waals surface area contributed by atoms with Gasteiger partial charge in [0, 0.05) is 33.9 Å². The lowest BCUT2D eigenvalue weighted by Gasteiger charge is -2.50. The normalized spacial score (nSPS) is 21.2. The van der Waals surface area contributed by atoms with Crippen LogP contribution in [0, 0.1) is 13.8 Å². The number of anilines is 4. The number of aryl methyl sites for hydroxylation is 2. The average Bonchev–Trinajstić information content (AvgIpc) is 3.65. The third-order valence-electron chi connectivity index (χ3n) is 16.7. The van der Waals surface area contributed by atoms with E-state index in [1.807, 2.05) is 0 Å². The van der Waals surface area contributed by atoms with Crippen molar-refractivity contribution in [1.82, 2.24) is 0 Å². The molecular formula is C60H61BN2O. The van der Waals surface area contributed by atoms with E-state index < -0.39 is 0 Å². The Morgan fingerprint density at radius 3 is 1.73 bits per heavy atom. The third kappa shape index (κ3) is 5.72. The number of hydrogen-bond donors (Lipinski definition) is 0. The molecule has 0 N–H and O–H groups in total. The maximum atomic E-state index is 7.76. The van der Waals surface area contributed by atoms with Gasteiger partial charge in [0.2, 0.25) is 0 Å². The fraction of sp³-hybridized carbons (Fsp3) is 0.333. The highest BCUT2D eigenvalue weighted by Crippen LogP contribution is 2.59. The highest BCUT2D eigenvalue weighted by Gasteiger charge is 2.58. The molecule has 3 nitrogen and oxygen atoms in total. The summed E-state index contributed by atoms with van der Waals surface area (Å²) in [7, 11) is 0. The summed E-state index contributed by atoms with van der Waals surface area (Å²) >= 11 is 0. The Bertz CT molecular complexity index is 3080. The van der Waals surface area contributed by atoms with Crippen LogP contribution >= 0.6 is 0 Å². The summed E-state index contributed by atoms with van der Waals surface area (Å²) < 4.78 is 7.76. The smallest absolute Gasteiger partial charge is 0.344 e. The van der Waals surface area contributed by atoms with Crippen LogP contribution in [0.4, 0.5) is 22.7 Å². The second-order valence-electron chi connectivity index (χ2n) is 22.7. The quantitative estimate of drug-likeness (QED) is 0.165. The van der Waals surface area contributed by atoms with Crippen molar-refractivity contribution in [3.8, 4) is 28.0 Å². The van der Waals surface area contributed by atoms with Crippen LogP contribution in [0.2, 0.25) is 0 Å². The van der Waals surface area contributed by atoms with Gasteiger partial charge in [0.05, 0.1) is 6.04 Å². The fourth-order valence-electron chi connectivity index (χ4n) is 12.7. The average molecular weight is 837 g/mol. The van der Waals surface area contributed by atoms with E-state index in [1.54, 1.807) is 0 Å². The first-order valence-corrected chi connectivity index (χ1v) is 23.9. The van der Waals surface area contributed by atoms with Crippen LogP contribution in [0.25, 0.3) is 33.0 Å². The molecule has 0 fully saturated rings. The zero-order chi connectivity index (χ0) is 44.2. The van der Waals surface area contributed by atoms with Crippen LogP contribution in [-0.2, 0) is 21.7 Å². The van der Waals surface area contributed by atoms with Gasteiger partial charge < -0.3 is 14.4 Å². The fourth-order valence-corrected chi connectivity index (χ4v) is 12.7. The van der Waals surface area contributed by atoms with Crippen molar-refractivity contribution in [2.75, 3.05) is 9.71 Å². The van der Waals surface area contributed by atoms with E-state index >= 15 is 0 Å². The molecule has 2 unspecified atom stereocenters. The summed E-state index contributed by atoms with van der Waals surface area (Å²) in [5.41, 5.74) is 21.6. The largest absolute Gasteiger partial charge is 0.493 e. The molecule has 3 heterocycles. The number of hydrogen-bond acceptors (Lipinski definition) is 3. The first-order valence-electron chi connectivity index (χ1n) is 23.9. The third-order valence-corrected chi connectivity index (χ3v) is 16.7. The van der Waals surface area contributed by atoms with Crippen molar-refractivity contribution in [3.63, 3.8) is 0 Å². The van der Waals surface area contributed by atoms with E-state index in [2.05, 4.69) is 206 Å². The van der Waals surface area contributed by atoms with Gasteiger partial charge in [-0.3, -0.25) is 0 Å². The van der Waals surface area contributed by atoms with Crippen LogP contribution < -0.4 is 19.9 Å². The minimum absolute atomic E-state index is 0.0575. The first kappa shape index (κ1) is 39.8. The number of rotatable bonds is 3. The first-order chi connectivity index (χ1) is 30.5. The molecule has 0 radical (unpaired) electrons. The highest BCUT2D eigenvalue weighted by molar-refractivity contribution is 6.83. The van der Waals surface area contributed by atoms with Gasteiger partial charge in [-0.1, -0.05) is 134 Å². The van der Waals surface area contributed by atoms with Gasteiger partial charge in [-0.25, -0.2) is 0 Å². The van der Waals surface area contributed by atoms with Gasteiger partial charge in [0.1, 0.15) is 11.8 Å². The minimum atomic E-state index is -0.202. The lowest BCUT2D eigenvalue weighted by Crippen LogP contribution is -2.65. The summed E-state index contributed by atoms with van der Waals surface area (Å²) in [6.07, 6.45) is 4.71. The Morgan fingerprint density at radius 2 is 1.08 bits per heavy atom. The number of benzene rings is 7. The summed E-state index contributed by atoms with van der Waals surface area (Å²) in [5.74, 6) is 1.05. The van der Waals surface area contributed by atoms with Crippen molar-refractivity contribution in [2.45, 2.75) is 129 Å². The Morgan fingerprint density at radius 1 is 0.516 bits per heavy atom. The Labute approximate surface area is 381 Å². The van der Waals surface area contributed by atoms with Gasteiger partial charge in [0.25, 0.3) is 0 Å². The van der Waals surface area contributed by atoms with E-state index in [1.165, 1.54) is 126 Å². The molecule has 0 saturated carbocycles. The zero-order valence-electron chi connectivity index (χ0n) is 39.5. The molecule has 320 valence electrons. The van der Waals surface area contributed by atoms with Crippen LogP contribution in [0.15, 0.2) is 127 Å². The van der Waals surface area contributed by atoms with Crippen molar-refractivity contribution < 1.29 is 4.74 Å². The van der Waals surface area contributed by atoms with Gasteiger partial charge in [-0.15, -0.1) is 0 Å². The maximum absolute atomic E-state index is 7.76. The van der Waals surface area contributed by atoms with Gasteiger partial charge in [0.15, 0.2) is 0 Å². The topological polar surface area (TPSA) is 15.7 Å². The molecule has 2 aliphatic carbocycles. The van der Waals surface area contributed by atoms with Crippen LogP contribution in [-0.4, -0.2) is 12.9 Å². The van der Waals surface area contributed by atoms with Crippen molar-refractivity contribution >= 4 is 45.8 Å². The number of nitrogens with zero attached hydrogens (tertiary/aromatic N) is 2. The van der Waals surface area contributed by atoms with Crippen LogP contribution in [0.3, 0.4) is 0 Å². The molecular weight excluding hydrogens is 775 g/mol. The lowest BCUT2D eigenvalue weighted by molar-refractivity contribution is 0.278. The molecule has 0 aromatic heterocycles. The maximum Gasteiger partial charge on any atom is 0.344 e. The molecule has 64 heavy (non-hydrogen) atoms. The van der Waals surface area contributed by atoms with E-state index in [9.17, 15) is 0 Å². The van der Waals surface area contributed by atoms with E-state index in [0.717, 1.165) is 5.75 Å². The standard InChI is InChI=1S/C60H61BN2O/c1-36-28-44-43-31-40-18-14-15-19-41(40)32-51(43)63(42-22-20-39(21-23-42)38-16-12-11-13-17-38)61-54(44)52(29-36)62(50-34-48-46(30-37(50)2)57(3,4)24-26-59(48,7)8)55-45-33-47-49(35-53(45)64-56(55)61)60(9,10)27-25-58(47,5)6/h11-23,28-35,55-56H,24-27H2,1-10H3. The predicted octanol–water partition coefficient (Wildman–Crippen LogP) is 15.0. The highest BCUT2D eigenvalue weighted by atomic mass is 16.5. The molecule has 5 aliphatic rings.